The molecule has 0 saturated carbocycles. The SMILES string of the molecule is Cc1ccc(C)c(OCC(=O)NCC2(O)CCOC2C)c1. The molecule has 0 aliphatic carbocycles. The van der Waals surface area contributed by atoms with E-state index >= 15 is 0 Å². The van der Waals surface area contributed by atoms with Crippen LogP contribution in [-0.4, -0.2) is 42.5 Å². The van der Waals surface area contributed by atoms with Crippen LogP contribution in [0.1, 0.15) is 24.5 Å². The van der Waals surface area contributed by atoms with Gasteiger partial charge in [-0.1, -0.05) is 12.1 Å². The molecule has 1 aromatic rings. The Labute approximate surface area is 125 Å². The summed E-state index contributed by atoms with van der Waals surface area (Å²) in [5.74, 6) is 0.463. The van der Waals surface area contributed by atoms with Crippen molar-refractivity contribution in [3.8, 4) is 5.75 Å². The van der Waals surface area contributed by atoms with Crippen molar-refractivity contribution < 1.29 is 19.4 Å². The Bertz CT molecular complexity index is 517. The average Bonchev–Trinajstić information content (AvgIpc) is 2.78. The van der Waals surface area contributed by atoms with E-state index in [1.54, 1.807) is 0 Å². The van der Waals surface area contributed by atoms with Gasteiger partial charge in [-0.25, -0.2) is 0 Å². The Morgan fingerprint density at radius 3 is 2.95 bits per heavy atom. The van der Waals surface area contributed by atoms with Crippen LogP contribution in [0.5, 0.6) is 5.75 Å². The van der Waals surface area contributed by atoms with Crippen LogP contribution < -0.4 is 10.1 Å². The monoisotopic (exact) mass is 293 g/mol. The van der Waals surface area contributed by atoms with Gasteiger partial charge in [-0.05, 0) is 38.0 Å². The number of hydrogen-bond donors (Lipinski definition) is 2. The Hall–Kier alpha value is -1.59. The van der Waals surface area contributed by atoms with Gasteiger partial charge in [0.15, 0.2) is 6.61 Å². The summed E-state index contributed by atoms with van der Waals surface area (Å²) < 4.78 is 10.9. The lowest BCUT2D eigenvalue weighted by Crippen LogP contribution is -2.48. The van der Waals surface area contributed by atoms with Crippen molar-refractivity contribution in [1.29, 1.82) is 0 Å². The topological polar surface area (TPSA) is 67.8 Å². The van der Waals surface area contributed by atoms with Crippen LogP contribution in [-0.2, 0) is 9.53 Å². The number of hydrogen-bond acceptors (Lipinski definition) is 4. The minimum atomic E-state index is -0.977. The molecule has 0 bridgehead atoms. The Balaban J connectivity index is 1.81. The second-order valence-corrected chi connectivity index (χ2v) is 5.70. The second-order valence-electron chi connectivity index (χ2n) is 5.70. The predicted molar refractivity (Wildman–Crippen MR) is 79.4 cm³/mol. The van der Waals surface area contributed by atoms with Crippen molar-refractivity contribution in [2.45, 2.75) is 38.9 Å². The number of rotatable bonds is 5. The predicted octanol–water partition coefficient (Wildman–Crippen LogP) is 1.34. The van der Waals surface area contributed by atoms with E-state index in [1.165, 1.54) is 0 Å². The van der Waals surface area contributed by atoms with E-state index in [1.807, 2.05) is 39.0 Å². The van der Waals surface area contributed by atoms with Crippen LogP contribution >= 0.6 is 0 Å². The van der Waals surface area contributed by atoms with Gasteiger partial charge < -0.3 is 19.9 Å². The first kappa shape index (κ1) is 15.8. The molecule has 2 atom stereocenters. The maximum absolute atomic E-state index is 11.8. The Kier molecular flexibility index (Phi) is 4.85. The molecule has 116 valence electrons. The lowest BCUT2D eigenvalue weighted by atomic mass is 9.97. The van der Waals surface area contributed by atoms with E-state index in [0.29, 0.717) is 18.8 Å². The van der Waals surface area contributed by atoms with Crippen molar-refractivity contribution in [3.63, 3.8) is 0 Å². The molecule has 1 amide bonds. The molecule has 1 heterocycles. The molecule has 5 nitrogen and oxygen atoms in total. The van der Waals surface area contributed by atoms with Crippen LogP contribution in [0.3, 0.4) is 0 Å². The summed E-state index contributed by atoms with van der Waals surface area (Å²) in [6.07, 6.45) is 0.268. The molecule has 0 aromatic heterocycles. The third-order valence-electron chi connectivity index (χ3n) is 3.95. The molecule has 1 fully saturated rings. The molecule has 5 heteroatoms. The molecule has 1 aliphatic heterocycles. The van der Waals surface area contributed by atoms with E-state index in [9.17, 15) is 9.90 Å². The smallest absolute Gasteiger partial charge is 0.258 e. The Morgan fingerprint density at radius 2 is 2.29 bits per heavy atom. The summed E-state index contributed by atoms with van der Waals surface area (Å²) in [7, 11) is 0. The summed E-state index contributed by atoms with van der Waals surface area (Å²) in [4.78, 5) is 11.8. The minimum absolute atomic E-state index is 0.0599. The van der Waals surface area contributed by atoms with Gasteiger partial charge in [-0.2, -0.15) is 0 Å². The molecule has 0 spiro atoms. The lowest BCUT2D eigenvalue weighted by molar-refractivity contribution is -0.124. The second kappa shape index (κ2) is 6.45. The van der Waals surface area contributed by atoms with Crippen LogP contribution in [0.2, 0.25) is 0 Å². The normalized spacial score (nSPS) is 24.9. The molecular weight excluding hydrogens is 270 g/mol. The molecule has 1 saturated heterocycles. The fourth-order valence-electron chi connectivity index (χ4n) is 2.31. The Morgan fingerprint density at radius 1 is 1.52 bits per heavy atom. The van der Waals surface area contributed by atoms with Crippen LogP contribution in [0.15, 0.2) is 18.2 Å². The van der Waals surface area contributed by atoms with Gasteiger partial charge in [0, 0.05) is 19.6 Å². The van der Waals surface area contributed by atoms with Gasteiger partial charge in [0.1, 0.15) is 11.4 Å². The zero-order valence-electron chi connectivity index (χ0n) is 12.8. The van der Waals surface area contributed by atoms with Gasteiger partial charge in [0.25, 0.3) is 5.91 Å². The molecule has 21 heavy (non-hydrogen) atoms. The first-order valence-corrected chi connectivity index (χ1v) is 7.21. The number of aliphatic hydroxyl groups is 1. The molecular formula is C16H23NO4. The highest BCUT2D eigenvalue weighted by atomic mass is 16.5. The highest BCUT2D eigenvalue weighted by Gasteiger charge is 2.39. The summed E-state index contributed by atoms with van der Waals surface area (Å²) in [6.45, 7) is 6.37. The summed E-state index contributed by atoms with van der Waals surface area (Å²) in [5, 5.41) is 13.0. The van der Waals surface area contributed by atoms with Crippen molar-refractivity contribution in [2.75, 3.05) is 19.8 Å². The van der Waals surface area contributed by atoms with Crippen LogP contribution in [0.4, 0.5) is 0 Å². The number of nitrogens with one attached hydrogen (secondary N) is 1. The number of amides is 1. The zero-order valence-corrected chi connectivity index (χ0v) is 12.8. The van der Waals surface area contributed by atoms with Crippen molar-refractivity contribution in [1.82, 2.24) is 5.32 Å². The number of ether oxygens (including phenoxy) is 2. The van der Waals surface area contributed by atoms with Crippen LogP contribution in [0, 0.1) is 13.8 Å². The van der Waals surface area contributed by atoms with Crippen LogP contribution in [0.25, 0.3) is 0 Å². The number of carbonyl (C=O) groups excluding carboxylic acids is 1. The van der Waals surface area contributed by atoms with Gasteiger partial charge in [0.2, 0.25) is 0 Å². The molecule has 2 unspecified atom stereocenters. The van der Waals surface area contributed by atoms with Gasteiger partial charge in [-0.3, -0.25) is 4.79 Å². The van der Waals surface area contributed by atoms with Gasteiger partial charge in [-0.15, -0.1) is 0 Å². The standard InChI is InChI=1S/C16H23NO4/c1-11-4-5-12(2)14(8-11)21-9-15(18)17-10-16(19)6-7-20-13(16)3/h4-5,8,13,19H,6-7,9-10H2,1-3H3,(H,17,18). The fourth-order valence-corrected chi connectivity index (χ4v) is 2.31. The van der Waals surface area contributed by atoms with E-state index < -0.39 is 5.60 Å². The van der Waals surface area contributed by atoms with Crippen molar-refractivity contribution in [3.05, 3.63) is 29.3 Å². The van der Waals surface area contributed by atoms with E-state index in [2.05, 4.69) is 5.32 Å². The van der Waals surface area contributed by atoms with E-state index in [0.717, 1.165) is 11.1 Å². The molecule has 2 N–H and O–H groups in total. The maximum atomic E-state index is 11.8. The first-order valence-electron chi connectivity index (χ1n) is 7.21. The number of carbonyl (C=O) groups is 1. The molecule has 1 aromatic carbocycles. The van der Waals surface area contributed by atoms with E-state index in [4.69, 9.17) is 9.47 Å². The molecule has 1 aliphatic rings. The number of aryl methyl sites for hydroxylation is 2. The number of benzene rings is 1. The minimum Gasteiger partial charge on any atom is -0.483 e. The van der Waals surface area contributed by atoms with Gasteiger partial charge >= 0.3 is 0 Å². The summed E-state index contributed by atoms with van der Waals surface area (Å²) in [5.41, 5.74) is 1.10. The van der Waals surface area contributed by atoms with Crippen molar-refractivity contribution in [2.24, 2.45) is 0 Å². The molecule has 2 rings (SSSR count). The fraction of sp³-hybridized carbons (Fsp3) is 0.562. The highest BCUT2D eigenvalue weighted by Crippen LogP contribution is 2.24. The zero-order chi connectivity index (χ0) is 15.5. The largest absolute Gasteiger partial charge is 0.483 e. The third kappa shape index (κ3) is 3.95. The lowest BCUT2D eigenvalue weighted by Gasteiger charge is -2.26. The summed E-state index contributed by atoms with van der Waals surface area (Å²) in [6, 6.07) is 5.87. The quantitative estimate of drug-likeness (QED) is 0.859. The first-order chi connectivity index (χ1) is 9.90. The average molecular weight is 293 g/mol. The maximum Gasteiger partial charge on any atom is 0.258 e. The van der Waals surface area contributed by atoms with Crippen molar-refractivity contribution >= 4 is 5.91 Å². The molecule has 0 radical (unpaired) electrons. The van der Waals surface area contributed by atoms with E-state index in [-0.39, 0.29) is 25.2 Å². The third-order valence-corrected chi connectivity index (χ3v) is 3.95. The highest BCUT2D eigenvalue weighted by molar-refractivity contribution is 5.77. The van der Waals surface area contributed by atoms with Gasteiger partial charge in [0.05, 0.1) is 6.10 Å². The summed E-state index contributed by atoms with van der Waals surface area (Å²) >= 11 is 0.